The molecule has 1 heterocycles. The third-order valence-corrected chi connectivity index (χ3v) is 5.29. The molecule has 154 valence electrons. The molecule has 7 heteroatoms. The van der Waals surface area contributed by atoms with Gasteiger partial charge in [0, 0.05) is 18.4 Å². The number of amides is 2. The molecule has 0 saturated heterocycles. The molecule has 1 aromatic carbocycles. The second-order valence-corrected chi connectivity index (χ2v) is 7.33. The van der Waals surface area contributed by atoms with Crippen LogP contribution in [0.3, 0.4) is 0 Å². The number of hydrogen-bond donors (Lipinski definition) is 1. The Morgan fingerprint density at radius 3 is 2.59 bits per heavy atom. The van der Waals surface area contributed by atoms with Gasteiger partial charge in [-0.15, -0.1) is 0 Å². The van der Waals surface area contributed by atoms with Crippen molar-refractivity contribution < 1.29 is 23.9 Å². The molecule has 0 atom stereocenters. The number of nitrogens with one attached hydrogen (secondary N) is 1. The lowest BCUT2D eigenvalue weighted by atomic mass is 9.89. The summed E-state index contributed by atoms with van der Waals surface area (Å²) < 4.78 is 10.4. The number of pyridine rings is 1. The summed E-state index contributed by atoms with van der Waals surface area (Å²) in [7, 11) is 1.52. The molecule has 1 fully saturated rings. The van der Waals surface area contributed by atoms with Gasteiger partial charge in [0.1, 0.15) is 0 Å². The SMILES string of the molecule is COCc1nc2ccccc2c(C)c1C(=O)OCC(=O)NC(=O)C1CCCCC1. The van der Waals surface area contributed by atoms with Gasteiger partial charge in [-0.05, 0) is 31.4 Å². The normalized spacial score (nSPS) is 14.6. The van der Waals surface area contributed by atoms with Crippen molar-refractivity contribution in [3.63, 3.8) is 0 Å². The highest BCUT2D eigenvalue weighted by atomic mass is 16.5. The molecule has 1 aliphatic rings. The summed E-state index contributed by atoms with van der Waals surface area (Å²) in [5.41, 5.74) is 2.21. The molecular weight excluding hydrogens is 372 g/mol. The Kier molecular flexibility index (Phi) is 6.93. The Balaban J connectivity index is 1.69. The number of carbonyl (C=O) groups is 3. The van der Waals surface area contributed by atoms with Gasteiger partial charge >= 0.3 is 5.97 Å². The minimum atomic E-state index is -0.659. The molecule has 1 N–H and O–H groups in total. The number of rotatable bonds is 6. The molecule has 7 nitrogen and oxygen atoms in total. The van der Waals surface area contributed by atoms with Gasteiger partial charge in [0.2, 0.25) is 5.91 Å². The molecule has 0 aliphatic heterocycles. The summed E-state index contributed by atoms with van der Waals surface area (Å²) in [4.78, 5) is 41.5. The Bertz CT molecular complexity index is 919. The van der Waals surface area contributed by atoms with Crippen molar-refractivity contribution in [3.8, 4) is 0 Å². The fraction of sp³-hybridized carbons (Fsp3) is 0.455. The van der Waals surface area contributed by atoms with E-state index < -0.39 is 18.5 Å². The number of ether oxygens (including phenoxy) is 2. The number of imide groups is 1. The maximum Gasteiger partial charge on any atom is 0.340 e. The quantitative estimate of drug-likeness (QED) is 0.752. The molecule has 1 aromatic heterocycles. The van der Waals surface area contributed by atoms with E-state index >= 15 is 0 Å². The molecule has 0 spiro atoms. The maximum absolute atomic E-state index is 12.7. The van der Waals surface area contributed by atoms with E-state index in [9.17, 15) is 14.4 Å². The lowest BCUT2D eigenvalue weighted by Crippen LogP contribution is -2.39. The van der Waals surface area contributed by atoms with Gasteiger partial charge in [0.25, 0.3) is 5.91 Å². The third kappa shape index (κ3) is 4.98. The summed E-state index contributed by atoms with van der Waals surface area (Å²) >= 11 is 0. The molecule has 29 heavy (non-hydrogen) atoms. The van der Waals surface area contributed by atoms with E-state index in [0.717, 1.165) is 43.0 Å². The van der Waals surface area contributed by atoms with E-state index in [2.05, 4.69) is 10.3 Å². The molecule has 2 aromatic rings. The zero-order valence-corrected chi connectivity index (χ0v) is 16.8. The maximum atomic E-state index is 12.7. The summed E-state index contributed by atoms with van der Waals surface area (Å²) in [6.45, 7) is 1.44. The van der Waals surface area contributed by atoms with Crippen LogP contribution in [0, 0.1) is 12.8 Å². The highest BCUT2D eigenvalue weighted by Crippen LogP contribution is 2.25. The Morgan fingerprint density at radius 1 is 1.14 bits per heavy atom. The zero-order chi connectivity index (χ0) is 20.8. The van der Waals surface area contributed by atoms with E-state index in [4.69, 9.17) is 9.47 Å². The Morgan fingerprint density at radius 2 is 1.86 bits per heavy atom. The zero-order valence-electron chi connectivity index (χ0n) is 16.8. The highest BCUT2D eigenvalue weighted by Gasteiger charge is 2.24. The Labute approximate surface area is 169 Å². The minimum Gasteiger partial charge on any atom is -0.452 e. The number of fused-ring (bicyclic) bond motifs is 1. The van der Waals surface area contributed by atoms with Crippen LogP contribution in [0.5, 0.6) is 0 Å². The molecule has 0 radical (unpaired) electrons. The van der Waals surface area contributed by atoms with Gasteiger partial charge < -0.3 is 9.47 Å². The van der Waals surface area contributed by atoms with Crippen molar-refractivity contribution in [2.75, 3.05) is 13.7 Å². The van der Waals surface area contributed by atoms with Crippen molar-refractivity contribution in [1.82, 2.24) is 10.3 Å². The van der Waals surface area contributed by atoms with Crippen LogP contribution >= 0.6 is 0 Å². The minimum absolute atomic E-state index is 0.136. The van der Waals surface area contributed by atoms with Crippen LogP contribution in [0.25, 0.3) is 10.9 Å². The van der Waals surface area contributed by atoms with E-state index in [1.165, 1.54) is 7.11 Å². The molecule has 1 saturated carbocycles. The van der Waals surface area contributed by atoms with E-state index in [-0.39, 0.29) is 24.0 Å². The Hall–Kier alpha value is -2.80. The number of aromatic nitrogens is 1. The number of benzene rings is 1. The summed E-state index contributed by atoms with van der Waals surface area (Å²) in [5, 5.41) is 3.17. The molecule has 1 aliphatic carbocycles. The fourth-order valence-electron chi connectivity index (χ4n) is 3.80. The lowest BCUT2D eigenvalue weighted by Gasteiger charge is -2.20. The van der Waals surface area contributed by atoms with Crippen LogP contribution in [0.4, 0.5) is 0 Å². The van der Waals surface area contributed by atoms with Crippen molar-refractivity contribution in [3.05, 3.63) is 41.1 Å². The van der Waals surface area contributed by atoms with Gasteiger partial charge in [-0.1, -0.05) is 37.5 Å². The van der Waals surface area contributed by atoms with Crippen LogP contribution in [-0.4, -0.2) is 36.5 Å². The number of esters is 1. The van der Waals surface area contributed by atoms with Gasteiger partial charge in [-0.25, -0.2) is 9.78 Å². The molecule has 0 bridgehead atoms. The first-order valence-corrected chi connectivity index (χ1v) is 9.89. The van der Waals surface area contributed by atoms with Crippen LogP contribution in [0.2, 0.25) is 0 Å². The number of aryl methyl sites for hydroxylation is 1. The van der Waals surface area contributed by atoms with Crippen molar-refractivity contribution in [2.24, 2.45) is 5.92 Å². The van der Waals surface area contributed by atoms with Crippen molar-refractivity contribution >= 4 is 28.7 Å². The van der Waals surface area contributed by atoms with E-state index in [1.54, 1.807) is 0 Å². The smallest absolute Gasteiger partial charge is 0.340 e. The van der Waals surface area contributed by atoms with Crippen molar-refractivity contribution in [1.29, 1.82) is 0 Å². The number of methoxy groups -OCH3 is 1. The number of para-hydroxylation sites is 1. The van der Waals surface area contributed by atoms with Crippen molar-refractivity contribution in [2.45, 2.75) is 45.6 Å². The number of nitrogens with zero attached hydrogens (tertiary/aromatic N) is 1. The summed E-state index contributed by atoms with van der Waals surface area (Å²) in [6, 6.07) is 7.48. The van der Waals surface area contributed by atoms with Crippen LogP contribution in [0.1, 0.15) is 53.7 Å². The van der Waals surface area contributed by atoms with Gasteiger partial charge in [0.05, 0.1) is 23.4 Å². The van der Waals surface area contributed by atoms with E-state index in [1.807, 2.05) is 31.2 Å². The standard InChI is InChI=1S/C22H26N2O5/c1-14-16-10-6-7-11-17(16)23-18(12-28-2)20(14)22(27)29-13-19(25)24-21(26)15-8-4-3-5-9-15/h6-7,10-11,15H,3-5,8-9,12-13H2,1-2H3,(H,24,25,26). The fourth-order valence-corrected chi connectivity index (χ4v) is 3.80. The van der Waals surface area contributed by atoms with Gasteiger partial charge in [-0.2, -0.15) is 0 Å². The second-order valence-electron chi connectivity index (χ2n) is 7.33. The van der Waals surface area contributed by atoms with Gasteiger partial charge in [0.15, 0.2) is 6.61 Å². The molecular formula is C22H26N2O5. The molecule has 0 unspecified atom stereocenters. The second kappa shape index (κ2) is 9.60. The van der Waals surface area contributed by atoms with Crippen LogP contribution in [-0.2, 0) is 25.7 Å². The van der Waals surface area contributed by atoms with Crippen LogP contribution < -0.4 is 5.32 Å². The van der Waals surface area contributed by atoms with Crippen LogP contribution in [0.15, 0.2) is 24.3 Å². The number of carbonyl (C=O) groups excluding carboxylic acids is 3. The van der Waals surface area contributed by atoms with Gasteiger partial charge in [-0.3, -0.25) is 14.9 Å². The highest BCUT2D eigenvalue weighted by molar-refractivity contribution is 6.01. The average molecular weight is 398 g/mol. The monoisotopic (exact) mass is 398 g/mol. The first-order chi connectivity index (χ1) is 14.0. The first-order valence-electron chi connectivity index (χ1n) is 9.89. The topological polar surface area (TPSA) is 94.6 Å². The van der Waals surface area contributed by atoms with E-state index in [0.29, 0.717) is 11.3 Å². The predicted molar refractivity (Wildman–Crippen MR) is 107 cm³/mol. The first kappa shape index (κ1) is 20.9. The summed E-state index contributed by atoms with van der Waals surface area (Å²) in [5.74, 6) is -1.69. The lowest BCUT2D eigenvalue weighted by molar-refractivity contribution is -0.135. The molecule has 3 rings (SSSR count). The average Bonchev–Trinajstić information content (AvgIpc) is 2.73. The summed E-state index contributed by atoms with van der Waals surface area (Å²) in [6.07, 6.45) is 4.70. The third-order valence-electron chi connectivity index (χ3n) is 5.29. The molecule has 2 amide bonds. The predicted octanol–water partition coefficient (Wildman–Crippen LogP) is 3.07. The largest absolute Gasteiger partial charge is 0.452 e. The number of hydrogen-bond acceptors (Lipinski definition) is 6.